The zero-order chi connectivity index (χ0) is 57.6. The maximum absolute atomic E-state index is 14.2. The van der Waals surface area contributed by atoms with Gasteiger partial charge in [-0.15, -0.1) is 0 Å². The Morgan fingerprint density at radius 2 is 1.16 bits per heavy atom. The van der Waals surface area contributed by atoms with Gasteiger partial charge in [-0.05, 0) is 76.5 Å². The number of carboxylic acid groups (broad SMARTS) is 3. The molecule has 426 valence electrons. The molecule has 0 bridgehead atoms. The minimum atomic E-state index is -1.90. The number of nitrogens with two attached hydrogens (primary N) is 4. The van der Waals surface area contributed by atoms with Crippen LogP contribution in [-0.2, 0) is 62.3 Å². The van der Waals surface area contributed by atoms with E-state index in [9.17, 15) is 77.6 Å². The standard InChI is InChI=1S/C46H76N14O16/c1-22(2)19-28(56-38(68)25(47)9-6-16-51-46(49)50)41(71)55-26(12-14-32(48)61)39(69)54-27(13-15-34(63)64)40(70)57-29(20-35(65)66)43(73)60-18-8-11-31(60)44(74)59-17-7-10-30(59)42(72)53-24(5)37(67)52-21-33(62)58-36(23(3)4)45(75)76/h22-31,36H,6-21,47H2,1-5H3,(H2,48,61)(H,52,67)(H,53,72)(H,54,69)(H,55,71)(H,56,68)(H,57,70)(H,58,62)(H,63,64)(H,65,66)(H,75,76)(H4,49,50,51)/t24-,25-,26-,27-,28-,29-,30-,31-,36-/m0/s1. The Morgan fingerprint density at radius 3 is 1.68 bits per heavy atom. The van der Waals surface area contributed by atoms with Gasteiger partial charge in [0.2, 0.25) is 59.1 Å². The Bertz CT molecular complexity index is 2170. The number of nitrogens with zero attached hydrogens (tertiary/aromatic N) is 3. The molecule has 0 aromatic carbocycles. The molecule has 18 N–H and O–H groups in total. The van der Waals surface area contributed by atoms with E-state index in [1.54, 1.807) is 27.7 Å². The van der Waals surface area contributed by atoms with Crippen LogP contribution in [0.15, 0.2) is 4.99 Å². The molecule has 2 rings (SSSR count). The topological polar surface area (TPSA) is 490 Å². The molecule has 30 nitrogen and oxygen atoms in total. The lowest BCUT2D eigenvalue weighted by Crippen LogP contribution is -2.60. The molecular formula is C46H76N14O16. The predicted octanol–water partition coefficient (Wildman–Crippen LogP) is -5.21. The van der Waals surface area contributed by atoms with Crippen molar-refractivity contribution in [2.45, 2.75) is 166 Å². The molecule has 30 heteroatoms. The molecule has 76 heavy (non-hydrogen) atoms. The van der Waals surface area contributed by atoms with Gasteiger partial charge in [0.05, 0.1) is 19.0 Å². The highest BCUT2D eigenvalue weighted by atomic mass is 16.4. The van der Waals surface area contributed by atoms with Crippen molar-refractivity contribution in [2.75, 3.05) is 26.2 Å². The number of carboxylic acids is 3. The number of guanidine groups is 1. The first-order valence-electron chi connectivity index (χ1n) is 25.0. The molecule has 2 aliphatic rings. The number of hydrogen-bond acceptors (Lipinski definition) is 15. The summed E-state index contributed by atoms with van der Waals surface area (Å²) in [5.74, 6) is -14.0. The lowest BCUT2D eigenvalue weighted by Gasteiger charge is -2.33. The van der Waals surface area contributed by atoms with Gasteiger partial charge in [0.1, 0.15) is 48.3 Å². The Hall–Kier alpha value is -7.66. The smallest absolute Gasteiger partial charge is 0.326 e. The van der Waals surface area contributed by atoms with Crippen molar-refractivity contribution in [3.63, 3.8) is 0 Å². The van der Waals surface area contributed by atoms with Crippen LogP contribution in [0.25, 0.3) is 0 Å². The van der Waals surface area contributed by atoms with E-state index >= 15 is 0 Å². The van der Waals surface area contributed by atoms with Crippen molar-refractivity contribution in [3.05, 3.63) is 0 Å². The van der Waals surface area contributed by atoms with Crippen molar-refractivity contribution in [1.82, 2.24) is 47.0 Å². The molecule has 0 radical (unpaired) electrons. The Balaban J connectivity index is 2.29. The fourth-order valence-electron chi connectivity index (χ4n) is 8.33. The third-order valence-electron chi connectivity index (χ3n) is 12.3. The number of primary amides is 1. The second kappa shape index (κ2) is 31.3. The molecule has 2 aliphatic heterocycles. The summed E-state index contributed by atoms with van der Waals surface area (Å²) in [6.07, 6.45) is -2.04. The van der Waals surface area contributed by atoms with Crippen LogP contribution in [0, 0.1) is 11.8 Å². The zero-order valence-electron chi connectivity index (χ0n) is 43.5. The van der Waals surface area contributed by atoms with Gasteiger partial charge < -0.3 is 85.3 Å². The highest BCUT2D eigenvalue weighted by Crippen LogP contribution is 2.26. The molecular weight excluding hydrogens is 1000 g/mol. The van der Waals surface area contributed by atoms with Crippen LogP contribution in [0.1, 0.15) is 112 Å². The highest BCUT2D eigenvalue weighted by molar-refractivity contribution is 5.99. The summed E-state index contributed by atoms with van der Waals surface area (Å²) in [6, 6.07) is -12.5. The van der Waals surface area contributed by atoms with Gasteiger partial charge in [0, 0.05) is 32.5 Å². The molecule has 2 fully saturated rings. The van der Waals surface area contributed by atoms with Crippen LogP contribution in [-0.4, -0.2) is 189 Å². The number of aliphatic carboxylic acids is 3. The zero-order valence-corrected chi connectivity index (χ0v) is 43.5. The number of carbonyl (C=O) groups is 13. The monoisotopic (exact) mass is 1080 g/mol. The van der Waals surface area contributed by atoms with Crippen LogP contribution in [0.2, 0.25) is 0 Å². The number of likely N-dealkylation sites (tertiary alicyclic amines) is 2. The van der Waals surface area contributed by atoms with Crippen LogP contribution < -0.4 is 60.2 Å². The van der Waals surface area contributed by atoms with E-state index < -0.39 is 176 Å². The second-order valence-corrected chi connectivity index (χ2v) is 19.4. The lowest BCUT2D eigenvalue weighted by molar-refractivity contribution is -0.149. The molecule has 2 saturated heterocycles. The quantitative estimate of drug-likeness (QED) is 0.0170. The Labute approximate surface area is 438 Å². The summed E-state index contributed by atoms with van der Waals surface area (Å²) in [4.78, 5) is 175. The van der Waals surface area contributed by atoms with Gasteiger partial charge in [-0.25, -0.2) is 4.79 Å². The normalized spacial score (nSPS) is 17.8. The van der Waals surface area contributed by atoms with E-state index in [1.165, 1.54) is 11.8 Å². The summed E-state index contributed by atoms with van der Waals surface area (Å²) < 4.78 is 0. The molecule has 0 spiro atoms. The van der Waals surface area contributed by atoms with Crippen molar-refractivity contribution >= 4 is 82.9 Å². The molecule has 10 amide bonds. The maximum Gasteiger partial charge on any atom is 0.326 e. The number of hydrogen-bond donors (Lipinski definition) is 14. The SMILES string of the molecule is CC(C)C[C@H](NC(=O)[C@@H](N)CCCN=C(N)N)C(=O)N[C@@H](CCC(N)=O)C(=O)N[C@@H](CCC(=O)O)C(=O)N[C@@H](CC(=O)O)C(=O)N1CCC[C@H]1C(=O)N1CCC[C@H]1C(=O)N[C@@H](C)C(=O)NCC(=O)N[C@H](C(=O)O)C(C)C. The van der Waals surface area contributed by atoms with Gasteiger partial charge >= 0.3 is 17.9 Å². The predicted molar refractivity (Wildman–Crippen MR) is 267 cm³/mol. The first kappa shape index (κ1) is 64.5. The number of amides is 10. The fraction of sp³-hybridized carbons (Fsp3) is 0.696. The first-order chi connectivity index (χ1) is 35.5. The van der Waals surface area contributed by atoms with E-state index in [-0.39, 0.29) is 63.6 Å². The van der Waals surface area contributed by atoms with E-state index in [2.05, 4.69) is 42.2 Å². The van der Waals surface area contributed by atoms with Crippen LogP contribution in [0.5, 0.6) is 0 Å². The Kier molecular flexibility index (Phi) is 26.5. The van der Waals surface area contributed by atoms with Crippen molar-refractivity contribution in [1.29, 1.82) is 0 Å². The molecule has 0 aromatic rings. The van der Waals surface area contributed by atoms with Gasteiger partial charge in [0.15, 0.2) is 5.96 Å². The third-order valence-corrected chi connectivity index (χ3v) is 12.3. The summed E-state index contributed by atoms with van der Waals surface area (Å²) in [5, 5.41) is 45.4. The van der Waals surface area contributed by atoms with Crippen LogP contribution in [0.3, 0.4) is 0 Å². The largest absolute Gasteiger partial charge is 0.481 e. The first-order valence-corrected chi connectivity index (χ1v) is 25.0. The Morgan fingerprint density at radius 1 is 0.618 bits per heavy atom. The summed E-state index contributed by atoms with van der Waals surface area (Å²) >= 11 is 0. The summed E-state index contributed by atoms with van der Waals surface area (Å²) in [6.45, 7) is 7.53. The van der Waals surface area contributed by atoms with E-state index in [4.69, 9.17) is 22.9 Å². The average Bonchev–Trinajstić information content (AvgIpc) is 4.03. The molecule has 0 unspecified atom stereocenters. The minimum absolute atomic E-state index is 0.0468. The fourth-order valence-corrected chi connectivity index (χ4v) is 8.33. The molecule has 0 saturated carbocycles. The molecule has 0 aromatic heterocycles. The molecule has 9 atom stereocenters. The highest BCUT2D eigenvalue weighted by Gasteiger charge is 2.45. The van der Waals surface area contributed by atoms with Crippen molar-refractivity contribution in [3.8, 4) is 0 Å². The van der Waals surface area contributed by atoms with Crippen molar-refractivity contribution < 1.29 is 77.6 Å². The van der Waals surface area contributed by atoms with E-state index in [0.29, 0.717) is 12.8 Å². The van der Waals surface area contributed by atoms with Gasteiger partial charge in [0.25, 0.3) is 0 Å². The summed E-state index contributed by atoms with van der Waals surface area (Å²) in [7, 11) is 0. The number of rotatable bonds is 32. The van der Waals surface area contributed by atoms with Crippen molar-refractivity contribution in [2.24, 2.45) is 39.8 Å². The lowest BCUT2D eigenvalue weighted by atomic mass is 10.0. The van der Waals surface area contributed by atoms with Crippen LogP contribution in [0.4, 0.5) is 0 Å². The van der Waals surface area contributed by atoms with Crippen LogP contribution >= 0.6 is 0 Å². The number of aliphatic imine (C=N–C) groups is 1. The van der Waals surface area contributed by atoms with E-state index in [1.807, 2.05) is 0 Å². The van der Waals surface area contributed by atoms with Gasteiger partial charge in [-0.1, -0.05) is 27.7 Å². The van der Waals surface area contributed by atoms with Gasteiger partial charge in [-0.2, -0.15) is 0 Å². The number of carbonyl (C=O) groups excluding carboxylic acids is 10. The molecule has 2 heterocycles. The average molecular weight is 1080 g/mol. The summed E-state index contributed by atoms with van der Waals surface area (Å²) in [5.41, 5.74) is 22.0. The number of nitrogens with one attached hydrogen (secondary N) is 7. The maximum atomic E-state index is 14.2. The molecule has 0 aliphatic carbocycles. The van der Waals surface area contributed by atoms with E-state index in [0.717, 1.165) is 4.90 Å². The minimum Gasteiger partial charge on any atom is -0.481 e. The second-order valence-electron chi connectivity index (χ2n) is 19.4. The third kappa shape index (κ3) is 21.7. The van der Waals surface area contributed by atoms with Gasteiger partial charge in [-0.3, -0.25) is 62.5 Å².